The van der Waals surface area contributed by atoms with Crippen molar-refractivity contribution in [3.8, 4) is 28.7 Å². The predicted molar refractivity (Wildman–Crippen MR) is 208 cm³/mol. The normalized spacial score (nSPS) is 19.5. The fourth-order valence-electron chi connectivity index (χ4n) is 7.44. The highest BCUT2D eigenvalue weighted by molar-refractivity contribution is 6.08. The largest absolute Gasteiger partial charge is 0.497 e. The minimum atomic E-state index is -0.309. The summed E-state index contributed by atoms with van der Waals surface area (Å²) in [5.74, 6) is 2.15. The van der Waals surface area contributed by atoms with Crippen molar-refractivity contribution < 1.29 is 33.3 Å². The fraction of sp³-hybridized carbons (Fsp3) is 0.256. The summed E-state index contributed by atoms with van der Waals surface area (Å²) in [5, 5.41) is 0. The number of anilines is 1. The summed E-state index contributed by atoms with van der Waals surface area (Å²) in [6, 6.07) is 22.2. The molecule has 0 spiro atoms. The van der Waals surface area contributed by atoms with E-state index in [4.69, 9.17) is 39.4 Å². The number of methoxy groups -OCH3 is 3. The van der Waals surface area contributed by atoms with E-state index in [1.54, 1.807) is 56.7 Å². The van der Waals surface area contributed by atoms with Crippen LogP contribution in [-0.2, 0) is 0 Å². The summed E-state index contributed by atoms with van der Waals surface area (Å²) in [5.41, 5.74) is 12.9. The Hall–Kier alpha value is -6.36. The van der Waals surface area contributed by atoms with Gasteiger partial charge in [-0.3, -0.25) is 19.6 Å². The summed E-state index contributed by atoms with van der Waals surface area (Å²) in [6.45, 7) is 0.623. The number of ether oxygens (including phenoxy) is 5. The van der Waals surface area contributed by atoms with Gasteiger partial charge in [-0.15, -0.1) is 0 Å². The third-order valence-electron chi connectivity index (χ3n) is 10.3. The number of carbonyl (C=O) groups is 2. The van der Waals surface area contributed by atoms with E-state index < -0.39 is 0 Å². The Kier molecular flexibility index (Phi) is 9.37. The van der Waals surface area contributed by atoms with Gasteiger partial charge in [0.15, 0.2) is 28.8 Å². The Balaban J connectivity index is 0.911. The van der Waals surface area contributed by atoms with Gasteiger partial charge in [0.1, 0.15) is 5.75 Å². The van der Waals surface area contributed by atoms with Crippen molar-refractivity contribution in [2.75, 3.05) is 40.3 Å². The van der Waals surface area contributed by atoms with E-state index in [1.165, 1.54) is 0 Å². The molecule has 4 aliphatic rings. The van der Waals surface area contributed by atoms with E-state index in [0.717, 1.165) is 34.4 Å². The van der Waals surface area contributed by atoms with Crippen molar-refractivity contribution in [2.24, 2.45) is 21.8 Å². The van der Waals surface area contributed by atoms with Crippen molar-refractivity contribution in [2.45, 2.75) is 25.3 Å². The average molecular weight is 725 g/mol. The van der Waals surface area contributed by atoms with Gasteiger partial charge >= 0.3 is 0 Å². The molecule has 1 aliphatic carbocycles. The molecule has 0 radical (unpaired) electrons. The third-order valence-corrected chi connectivity index (χ3v) is 10.3. The Morgan fingerprint density at radius 3 is 2.09 bits per heavy atom. The zero-order valence-electron chi connectivity index (χ0n) is 30.3. The van der Waals surface area contributed by atoms with Gasteiger partial charge in [0.2, 0.25) is 0 Å². The molecule has 1 amide bonds. The molecule has 274 valence electrons. The van der Waals surface area contributed by atoms with E-state index in [1.807, 2.05) is 60.9 Å². The molecule has 0 bridgehead atoms. The molecule has 2 N–H and O–H groups in total. The molecule has 8 rings (SSSR count). The van der Waals surface area contributed by atoms with Gasteiger partial charge in [0.05, 0.1) is 57.5 Å². The number of nitrogens with two attached hydrogens (primary N) is 1. The van der Waals surface area contributed by atoms with Crippen LogP contribution in [0, 0.1) is 11.8 Å². The molecule has 0 aromatic heterocycles. The van der Waals surface area contributed by atoms with Crippen LogP contribution in [0.15, 0.2) is 95.1 Å². The smallest absolute Gasteiger partial charge is 0.260 e. The Morgan fingerprint density at radius 2 is 1.41 bits per heavy atom. The quantitative estimate of drug-likeness (QED) is 0.123. The van der Waals surface area contributed by atoms with Crippen molar-refractivity contribution in [1.82, 2.24) is 4.90 Å². The van der Waals surface area contributed by atoms with Crippen LogP contribution >= 0.6 is 0 Å². The maximum atomic E-state index is 13.8. The van der Waals surface area contributed by atoms with Crippen molar-refractivity contribution in [3.63, 3.8) is 0 Å². The predicted octanol–water partition coefficient (Wildman–Crippen LogP) is 7.73. The molecule has 0 fully saturated rings. The Bertz CT molecular complexity index is 2260. The lowest BCUT2D eigenvalue weighted by Gasteiger charge is -2.19. The average Bonchev–Trinajstić information content (AvgIpc) is 3.78. The molecule has 54 heavy (non-hydrogen) atoms. The highest BCUT2D eigenvalue weighted by Crippen LogP contribution is 2.44. The van der Waals surface area contributed by atoms with Crippen molar-refractivity contribution in [3.05, 3.63) is 107 Å². The van der Waals surface area contributed by atoms with Gasteiger partial charge in [-0.1, -0.05) is 30.3 Å². The number of carbonyl (C=O) groups excluding carboxylic acids is 2. The Labute approximate surface area is 313 Å². The SMILES string of the molecule is COc1ccc(C2=CC3C(=O)c4cc(OC)c(OCCCOc5cc6c(cc5OC)C(=O)N5C=C(c7cccc(N)c7)C[C@H]5C=N6)cc4N=C[C@@H]3C2)cc1. The Morgan fingerprint density at radius 1 is 0.722 bits per heavy atom. The standard InChI is InChI=1S/C43H40N4O7/c1-50-32-10-8-25(9-11-32)27-14-28-22-45-36-20-40(38(51-2)18-34(36)42(48)33(28)17-27)53-12-5-13-54-41-21-37-35(19-39(41)52-3)43(49)47-24-29(16-31(47)23-46-37)26-6-4-7-30(44)15-26/h4,6-11,15,17-24,28,31,33H,5,12-14,16,44H2,1-3H3/t28-,31-,33?/m0/s1. The summed E-state index contributed by atoms with van der Waals surface area (Å²) in [7, 11) is 4.74. The minimum Gasteiger partial charge on any atom is -0.497 e. The first-order valence-corrected chi connectivity index (χ1v) is 17.9. The molecule has 0 saturated heterocycles. The number of amides is 1. The van der Waals surface area contributed by atoms with Gasteiger partial charge in [-0.25, -0.2) is 0 Å². The molecule has 3 aliphatic heterocycles. The van der Waals surface area contributed by atoms with Crippen LogP contribution in [0.1, 0.15) is 51.1 Å². The van der Waals surface area contributed by atoms with Gasteiger partial charge in [0, 0.05) is 66.7 Å². The van der Waals surface area contributed by atoms with Gasteiger partial charge in [0.25, 0.3) is 5.91 Å². The van der Waals surface area contributed by atoms with E-state index in [0.29, 0.717) is 77.2 Å². The highest BCUT2D eigenvalue weighted by atomic mass is 16.5. The lowest BCUT2D eigenvalue weighted by atomic mass is 9.89. The van der Waals surface area contributed by atoms with E-state index in [9.17, 15) is 9.59 Å². The lowest BCUT2D eigenvalue weighted by Crippen LogP contribution is -2.32. The summed E-state index contributed by atoms with van der Waals surface area (Å²) in [4.78, 5) is 38.7. The molecule has 4 aromatic rings. The third kappa shape index (κ3) is 6.57. The van der Waals surface area contributed by atoms with Crippen LogP contribution in [0.3, 0.4) is 0 Å². The zero-order chi connectivity index (χ0) is 37.3. The van der Waals surface area contributed by atoms with Crippen LogP contribution in [0.2, 0.25) is 0 Å². The first kappa shape index (κ1) is 34.7. The van der Waals surface area contributed by atoms with E-state index in [2.05, 4.69) is 6.08 Å². The maximum absolute atomic E-state index is 13.8. The molecule has 1 unspecified atom stereocenters. The van der Waals surface area contributed by atoms with Crippen LogP contribution in [0.25, 0.3) is 11.1 Å². The molecule has 4 aromatic carbocycles. The van der Waals surface area contributed by atoms with Crippen LogP contribution < -0.4 is 29.4 Å². The zero-order valence-corrected chi connectivity index (χ0v) is 30.3. The second kappa shape index (κ2) is 14.6. The number of Topliss-reactive ketones (excluding diaryl/α,β-unsaturated/α-hetero) is 1. The van der Waals surface area contributed by atoms with Crippen LogP contribution in [0.4, 0.5) is 17.1 Å². The first-order chi connectivity index (χ1) is 26.3. The van der Waals surface area contributed by atoms with E-state index >= 15 is 0 Å². The topological polar surface area (TPSA) is 134 Å². The molecule has 11 heteroatoms. The number of ketones is 1. The minimum absolute atomic E-state index is 0.00870. The van der Waals surface area contributed by atoms with Crippen molar-refractivity contribution in [1.29, 1.82) is 0 Å². The first-order valence-electron chi connectivity index (χ1n) is 17.9. The molecule has 3 heterocycles. The second-order valence-electron chi connectivity index (χ2n) is 13.6. The molecular weight excluding hydrogens is 684 g/mol. The van der Waals surface area contributed by atoms with Gasteiger partial charge < -0.3 is 34.3 Å². The number of hydrogen-bond acceptors (Lipinski definition) is 10. The maximum Gasteiger partial charge on any atom is 0.260 e. The lowest BCUT2D eigenvalue weighted by molar-refractivity contribution is 0.0817. The summed E-state index contributed by atoms with van der Waals surface area (Å²) in [6.07, 6.45) is 9.52. The number of aliphatic imine (C=N–C) groups is 2. The highest BCUT2D eigenvalue weighted by Gasteiger charge is 2.37. The monoisotopic (exact) mass is 724 g/mol. The second-order valence-corrected chi connectivity index (χ2v) is 13.6. The van der Waals surface area contributed by atoms with Crippen LogP contribution in [-0.4, -0.2) is 69.6 Å². The van der Waals surface area contributed by atoms with E-state index in [-0.39, 0.29) is 29.6 Å². The summed E-state index contributed by atoms with van der Waals surface area (Å²) < 4.78 is 28.8. The number of fused-ring (bicyclic) bond motifs is 4. The molecule has 3 atom stereocenters. The molecule has 11 nitrogen and oxygen atoms in total. The van der Waals surface area contributed by atoms with Gasteiger partial charge in [-0.2, -0.15) is 0 Å². The molecule has 0 saturated carbocycles. The number of nitrogen functional groups attached to an aromatic ring is 1. The van der Waals surface area contributed by atoms with Crippen LogP contribution in [0.5, 0.6) is 28.7 Å². The van der Waals surface area contributed by atoms with Crippen molar-refractivity contribution >= 4 is 52.3 Å². The fourth-order valence-corrected chi connectivity index (χ4v) is 7.44. The summed E-state index contributed by atoms with van der Waals surface area (Å²) >= 11 is 0. The number of allylic oxidation sites excluding steroid dienone is 2. The molecular formula is C43H40N4O7. The number of rotatable bonds is 11. The number of nitrogens with zero attached hydrogens (tertiary/aromatic N) is 3. The number of hydrogen-bond donors (Lipinski definition) is 1. The number of benzene rings is 4. The van der Waals surface area contributed by atoms with Gasteiger partial charge in [-0.05, 0) is 65.1 Å².